The molecule has 11 heavy (non-hydrogen) atoms. The van der Waals surface area contributed by atoms with Crippen LogP contribution >= 0.6 is 0 Å². The van der Waals surface area contributed by atoms with Crippen molar-refractivity contribution < 1.29 is 16.7 Å². The van der Waals surface area contributed by atoms with Crippen LogP contribution in [0.5, 0.6) is 0 Å². The highest BCUT2D eigenvalue weighted by atomic mass is 32.3. The van der Waals surface area contributed by atoms with Gasteiger partial charge in [0, 0.05) is 13.1 Å². The molecule has 0 N–H and O–H groups in total. The highest BCUT2D eigenvalue weighted by Gasteiger charge is 2.28. The van der Waals surface area contributed by atoms with E-state index in [9.17, 15) is 16.7 Å². The molecule has 0 radical (unpaired) electrons. The second-order valence-corrected chi connectivity index (χ2v) is 3.88. The van der Waals surface area contributed by atoms with Crippen LogP contribution < -0.4 is 0 Å². The lowest BCUT2D eigenvalue weighted by molar-refractivity contribution is 0.198. The van der Waals surface area contributed by atoms with E-state index in [0.717, 1.165) is 0 Å². The second kappa shape index (κ2) is 3.02. The Labute approximate surface area is 64.3 Å². The van der Waals surface area contributed by atoms with Crippen LogP contribution in [-0.4, -0.2) is 32.0 Å². The molecule has 1 heterocycles. The lowest BCUT2D eigenvalue weighted by Crippen LogP contribution is -2.38. The smallest absolute Gasteiger partial charge is 0.246 e. The molecule has 6 heteroatoms. The molecule has 0 spiro atoms. The fourth-order valence-electron chi connectivity index (χ4n) is 1.09. The van der Waals surface area contributed by atoms with Crippen molar-refractivity contribution in [1.29, 1.82) is 0 Å². The van der Waals surface area contributed by atoms with E-state index in [1.165, 1.54) is 0 Å². The van der Waals surface area contributed by atoms with Gasteiger partial charge in [-0.05, 0) is 12.8 Å². The molecule has 1 aliphatic rings. The fraction of sp³-hybridized carbons (Fsp3) is 1.00. The lowest BCUT2D eigenvalue weighted by atomic mass is 10.1. The van der Waals surface area contributed by atoms with Gasteiger partial charge in [-0.15, -0.1) is 0 Å². The Balaban J connectivity index is 2.60. The molecule has 1 saturated heterocycles. The molecule has 1 rings (SSSR count). The fourth-order valence-corrected chi connectivity index (χ4v) is 1.78. The van der Waals surface area contributed by atoms with E-state index in [1.807, 2.05) is 0 Å². The zero-order valence-electron chi connectivity index (χ0n) is 5.83. The van der Waals surface area contributed by atoms with E-state index >= 15 is 0 Å². The molecule has 66 valence electrons. The maximum absolute atomic E-state index is 12.5. The van der Waals surface area contributed by atoms with E-state index in [0.29, 0.717) is 17.1 Å². The number of nitrogens with zero attached hydrogens (tertiary/aromatic N) is 1. The highest BCUT2D eigenvalue weighted by molar-refractivity contribution is 7.83. The topological polar surface area (TPSA) is 37.4 Å². The summed E-state index contributed by atoms with van der Waals surface area (Å²) in [4.78, 5) is 0. The first-order valence-electron chi connectivity index (χ1n) is 3.34. The van der Waals surface area contributed by atoms with Crippen molar-refractivity contribution in [2.24, 2.45) is 0 Å². The molecule has 3 nitrogen and oxygen atoms in total. The van der Waals surface area contributed by atoms with Crippen LogP contribution in [0, 0.1) is 0 Å². The van der Waals surface area contributed by atoms with Crippen molar-refractivity contribution in [3.8, 4) is 0 Å². The number of rotatable bonds is 1. The molecule has 0 aromatic carbocycles. The Hall–Kier alpha value is -0.230. The molecule has 0 aromatic heterocycles. The van der Waals surface area contributed by atoms with Crippen LogP contribution in [0.3, 0.4) is 0 Å². The van der Waals surface area contributed by atoms with Crippen molar-refractivity contribution >= 4 is 10.4 Å². The summed E-state index contributed by atoms with van der Waals surface area (Å²) in [5.74, 6) is 0. The summed E-state index contributed by atoms with van der Waals surface area (Å²) in [7, 11) is -4.67. The second-order valence-electron chi connectivity index (χ2n) is 2.54. The minimum absolute atomic E-state index is 0.0965. The molecule has 1 fully saturated rings. The zero-order chi connectivity index (χ0) is 8.48. The maximum atomic E-state index is 12.5. The lowest BCUT2D eigenvalue weighted by Gasteiger charge is -2.24. The first-order chi connectivity index (χ1) is 5.00. The molecule has 0 bridgehead atoms. The van der Waals surface area contributed by atoms with Gasteiger partial charge in [-0.2, -0.15) is 12.7 Å². The Kier molecular flexibility index (Phi) is 2.43. The third-order valence-electron chi connectivity index (χ3n) is 1.64. The average Bonchev–Trinajstić information content (AvgIpc) is 1.86. The summed E-state index contributed by atoms with van der Waals surface area (Å²) in [5, 5.41) is 0. The van der Waals surface area contributed by atoms with Crippen molar-refractivity contribution in [2.75, 3.05) is 13.1 Å². The molecule has 0 saturated carbocycles. The van der Waals surface area contributed by atoms with Crippen LogP contribution in [0.25, 0.3) is 0 Å². The van der Waals surface area contributed by atoms with Crippen LogP contribution in [0.15, 0.2) is 0 Å². The summed E-state index contributed by atoms with van der Waals surface area (Å²) < 4.78 is 45.6. The first kappa shape index (κ1) is 8.86. The van der Waals surface area contributed by atoms with Crippen molar-refractivity contribution in [2.45, 2.75) is 19.0 Å². The van der Waals surface area contributed by atoms with Crippen molar-refractivity contribution in [3.05, 3.63) is 0 Å². The molecule has 0 aromatic rings. The molecule has 1 atom stereocenters. The molecular formula is C5H9F2NO2S. The predicted octanol–water partition coefficient (Wildman–Crippen LogP) is 0.635. The molecule has 1 unspecified atom stereocenters. The number of hydrogen-bond acceptors (Lipinski definition) is 2. The average molecular weight is 185 g/mol. The monoisotopic (exact) mass is 185 g/mol. The summed E-state index contributed by atoms with van der Waals surface area (Å²) >= 11 is 0. The normalized spacial score (nSPS) is 28.7. The highest BCUT2D eigenvalue weighted by Crippen LogP contribution is 2.16. The van der Waals surface area contributed by atoms with Crippen LogP contribution in [0.2, 0.25) is 0 Å². The maximum Gasteiger partial charge on any atom is 0.374 e. The van der Waals surface area contributed by atoms with Crippen LogP contribution in [-0.2, 0) is 10.4 Å². The van der Waals surface area contributed by atoms with E-state index in [4.69, 9.17) is 0 Å². The van der Waals surface area contributed by atoms with Crippen LogP contribution in [0.1, 0.15) is 12.8 Å². The minimum Gasteiger partial charge on any atom is -0.246 e. The van der Waals surface area contributed by atoms with E-state index in [1.54, 1.807) is 0 Å². The van der Waals surface area contributed by atoms with E-state index in [-0.39, 0.29) is 13.1 Å². The van der Waals surface area contributed by atoms with Gasteiger partial charge in [0.25, 0.3) is 0 Å². The number of alkyl halides is 1. The van der Waals surface area contributed by atoms with E-state index < -0.39 is 16.6 Å². The van der Waals surface area contributed by atoms with Crippen LogP contribution in [0.4, 0.5) is 8.28 Å². The SMILES string of the molecule is O=S(=O)(F)N1CCCC(F)C1. The van der Waals surface area contributed by atoms with Crippen molar-refractivity contribution in [1.82, 2.24) is 4.31 Å². The van der Waals surface area contributed by atoms with Gasteiger partial charge in [0.05, 0.1) is 0 Å². The quantitative estimate of drug-likeness (QED) is 0.562. The Bertz CT molecular complexity index is 229. The van der Waals surface area contributed by atoms with Gasteiger partial charge in [0.2, 0.25) is 0 Å². The zero-order valence-corrected chi connectivity index (χ0v) is 6.65. The molecule has 1 aliphatic heterocycles. The van der Waals surface area contributed by atoms with Gasteiger partial charge >= 0.3 is 10.4 Å². The predicted molar refractivity (Wildman–Crippen MR) is 35.7 cm³/mol. The Morgan fingerprint density at radius 1 is 1.45 bits per heavy atom. The number of piperidine rings is 1. The standard InChI is InChI=1S/C5H9F2NO2S/c6-5-2-1-3-8(4-5)11(7,9)10/h5H,1-4H2. The van der Waals surface area contributed by atoms with Gasteiger partial charge in [-0.25, -0.2) is 4.39 Å². The van der Waals surface area contributed by atoms with E-state index in [2.05, 4.69) is 0 Å². The number of hydrogen-bond donors (Lipinski definition) is 0. The number of halogens is 2. The first-order valence-corrected chi connectivity index (χ1v) is 4.68. The molecule has 0 amide bonds. The molecule has 0 aliphatic carbocycles. The largest absolute Gasteiger partial charge is 0.374 e. The van der Waals surface area contributed by atoms with Gasteiger partial charge in [-0.1, -0.05) is 3.89 Å². The summed E-state index contributed by atoms with van der Waals surface area (Å²) in [6.07, 6.45) is -0.495. The van der Waals surface area contributed by atoms with Gasteiger partial charge in [-0.3, -0.25) is 0 Å². The third kappa shape index (κ3) is 2.37. The third-order valence-corrected chi connectivity index (χ3v) is 2.58. The Morgan fingerprint density at radius 2 is 2.09 bits per heavy atom. The summed E-state index contributed by atoms with van der Waals surface area (Å²) in [6, 6.07) is 0. The Morgan fingerprint density at radius 3 is 2.45 bits per heavy atom. The minimum atomic E-state index is -4.67. The van der Waals surface area contributed by atoms with Crippen molar-refractivity contribution in [3.63, 3.8) is 0 Å². The summed E-state index contributed by atoms with van der Waals surface area (Å²) in [5.41, 5.74) is 0. The van der Waals surface area contributed by atoms with Gasteiger partial charge in [0.1, 0.15) is 6.17 Å². The molecular weight excluding hydrogens is 176 g/mol. The van der Waals surface area contributed by atoms with Gasteiger partial charge in [0.15, 0.2) is 0 Å². The van der Waals surface area contributed by atoms with Gasteiger partial charge < -0.3 is 0 Å². The summed E-state index contributed by atoms with van der Waals surface area (Å²) in [6.45, 7) is -0.238.